The summed E-state index contributed by atoms with van der Waals surface area (Å²) in [4.78, 5) is 14.6. The molecule has 0 aromatic carbocycles. The Labute approximate surface area is 109 Å². The summed E-state index contributed by atoms with van der Waals surface area (Å²) in [6, 6.07) is 1.33. The van der Waals surface area contributed by atoms with Crippen LogP contribution in [0.1, 0.15) is 57.8 Å². The second kappa shape index (κ2) is 3.88. The van der Waals surface area contributed by atoms with E-state index in [1.165, 1.54) is 57.8 Å². The number of carbonyl (C=O) groups excluding carboxylic acids is 1. The van der Waals surface area contributed by atoms with Gasteiger partial charge < -0.3 is 10.2 Å². The smallest absolute Gasteiger partial charge is 0.317 e. The summed E-state index contributed by atoms with van der Waals surface area (Å²) >= 11 is 0. The third kappa shape index (κ3) is 1.74. The molecule has 4 aliphatic rings. The highest BCUT2D eigenvalue weighted by Gasteiger charge is 2.63. The van der Waals surface area contributed by atoms with Crippen molar-refractivity contribution in [1.29, 1.82) is 0 Å². The standard InChI is InChI=1S/C15H24N2O/c18-14(16-13-10-15(13)7-8-15)17-9-3-6-12(17)11-4-1-2-5-11/h11-13H,1-10H2,(H,16,18). The van der Waals surface area contributed by atoms with Crippen molar-refractivity contribution >= 4 is 6.03 Å². The van der Waals surface area contributed by atoms with Crippen molar-refractivity contribution in [1.82, 2.24) is 10.2 Å². The summed E-state index contributed by atoms with van der Waals surface area (Å²) in [7, 11) is 0. The fourth-order valence-electron chi connectivity index (χ4n) is 4.37. The van der Waals surface area contributed by atoms with Gasteiger partial charge in [-0.25, -0.2) is 4.79 Å². The van der Waals surface area contributed by atoms with Gasteiger partial charge in [0.1, 0.15) is 0 Å². The molecule has 1 N–H and O–H groups in total. The molecule has 0 bridgehead atoms. The van der Waals surface area contributed by atoms with E-state index >= 15 is 0 Å². The van der Waals surface area contributed by atoms with E-state index in [2.05, 4.69) is 10.2 Å². The van der Waals surface area contributed by atoms with Crippen LogP contribution in [0.2, 0.25) is 0 Å². The molecule has 0 aromatic rings. The second-order valence-corrected chi connectivity index (χ2v) is 7.02. The molecule has 4 fully saturated rings. The first-order chi connectivity index (χ1) is 8.78. The first kappa shape index (κ1) is 11.1. The van der Waals surface area contributed by atoms with E-state index in [0.717, 1.165) is 12.5 Å². The molecule has 2 atom stereocenters. The lowest BCUT2D eigenvalue weighted by atomic mass is 9.96. The topological polar surface area (TPSA) is 32.3 Å². The highest BCUT2D eigenvalue weighted by Crippen LogP contribution is 2.65. The van der Waals surface area contributed by atoms with E-state index in [-0.39, 0.29) is 6.03 Å². The molecule has 1 spiro atoms. The third-order valence-electron chi connectivity index (χ3n) is 5.88. The molecule has 0 aromatic heterocycles. The molecular weight excluding hydrogens is 224 g/mol. The van der Waals surface area contributed by atoms with E-state index in [9.17, 15) is 4.79 Å². The molecule has 3 heteroatoms. The molecular formula is C15H24N2O. The van der Waals surface area contributed by atoms with Crippen LogP contribution in [0.4, 0.5) is 4.79 Å². The molecule has 2 unspecified atom stereocenters. The molecule has 100 valence electrons. The number of hydrogen-bond donors (Lipinski definition) is 1. The van der Waals surface area contributed by atoms with Crippen molar-refractivity contribution in [2.24, 2.45) is 11.3 Å². The van der Waals surface area contributed by atoms with Crippen molar-refractivity contribution in [3.05, 3.63) is 0 Å². The molecule has 3 aliphatic carbocycles. The van der Waals surface area contributed by atoms with Crippen LogP contribution in [0.3, 0.4) is 0 Å². The molecule has 4 rings (SSSR count). The van der Waals surface area contributed by atoms with Crippen LogP contribution < -0.4 is 5.32 Å². The lowest BCUT2D eigenvalue weighted by molar-refractivity contribution is 0.172. The average Bonchev–Trinajstić information content (AvgIpc) is 3.10. The van der Waals surface area contributed by atoms with Gasteiger partial charge in [0.25, 0.3) is 0 Å². The van der Waals surface area contributed by atoms with Crippen LogP contribution in [0, 0.1) is 11.3 Å². The minimum atomic E-state index is 0.248. The van der Waals surface area contributed by atoms with Crippen LogP contribution in [-0.4, -0.2) is 29.6 Å². The number of amides is 2. The van der Waals surface area contributed by atoms with Crippen LogP contribution in [0.15, 0.2) is 0 Å². The van der Waals surface area contributed by atoms with Gasteiger partial charge in [0.15, 0.2) is 0 Å². The van der Waals surface area contributed by atoms with Crippen molar-refractivity contribution < 1.29 is 4.79 Å². The lowest BCUT2D eigenvalue weighted by Crippen LogP contribution is -2.46. The highest BCUT2D eigenvalue weighted by atomic mass is 16.2. The van der Waals surface area contributed by atoms with Crippen LogP contribution in [0.5, 0.6) is 0 Å². The second-order valence-electron chi connectivity index (χ2n) is 7.02. The van der Waals surface area contributed by atoms with Crippen molar-refractivity contribution in [2.45, 2.75) is 69.9 Å². The minimum Gasteiger partial charge on any atom is -0.335 e. The maximum atomic E-state index is 12.4. The Morgan fingerprint density at radius 1 is 1.11 bits per heavy atom. The van der Waals surface area contributed by atoms with Gasteiger partial charge in [-0.1, -0.05) is 12.8 Å². The molecule has 0 radical (unpaired) electrons. The number of nitrogens with one attached hydrogen (secondary N) is 1. The van der Waals surface area contributed by atoms with Gasteiger partial charge in [0.05, 0.1) is 0 Å². The van der Waals surface area contributed by atoms with Gasteiger partial charge in [-0.3, -0.25) is 0 Å². The number of likely N-dealkylation sites (tertiary alicyclic amines) is 1. The molecule has 2 amide bonds. The zero-order valence-corrected chi connectivity index (χ0v) is 11.2. The minimum absolute atomic E-state index is 0.248. The summed E-state index contributed by atoms with van der Waals surface area (Å²) in [6.45, 7) is 0.993. The number of rotatable bonds is 2. The van der Waals surface area contributed by atoms with Gasteiger partial charge >= 0.3 is 6.03 Å². The zero-order chi connectivity index (χ0) is 12.2. The van der Waals surface area contributed by atoms with Crippen molar-refractivity contribution in [2.75, 3.05) is 6.54 Å². The predicted octanol–water partition coefficient (Wildman–Crippen LogP) is 2.90. The van der Waals surface area contributed by atoms with E-state index in [4.69, 9.17) is 0 Å². The largest absolute Gasteiger partial charge is 0.335 e. The summed E-state index contributed by atoms with van der Waals surface area (Å²) in [5.41, 5.74) is 0.582. The maximum absolute atomic E-state index is 12.4. The van der Waals surface area contributed by atoms with Gasteiger partial charge in [0.2, 0.25) is 0 Å². The van der Waals surface area contributed by atoms with Crippen LogP contribution >= 0.6 is 0 Å². The summed E-state index contributed by atoms with van der Waals surface area (Å²) in [6.07, 6.45) is 11.9. The Kier molecular flexibility index (Phi) is 2.40. The van der Waals surface area contributed by atoms with Gasteiger partial charge in [-0.15, -0.1) is 0 Å². The van der Waals surface area contributed by atoms with E-state index in [1.807, 2.05) is 0 Å². The highest BCUT2D eigenvalue weighted by molar-refractivity contribution is 5.76. The van der Waals surface area contributed by atoms with E-state index < -0.39 is 0 Å². The Balaban J connectivity index is 1.38. The number of hydrogen-bond acceptors (Lipinski definition) is 1. The Bertz CT molecular complexity index is 358. The van der Waals surface area contributed by atoms with E-state index in [1.54, 1.807) is 0 Å². The lowest BCUT2D eigenvalue weighted by Gasteiger charge is -2.29. The first-order valence-electron chi connectivity index (χ1n) is 7.86. The Hall–Kier alpha value is -0.730. The first-order valence-corrected chi connectivity index (χ1v) is 7.86. The molecule has 3 saturated carbocycles. The third-order valence-corrected chi connectivity index (χ3v) is 5.88. The monoisotopic (exact) mass is 248 g/mol. The molecule has 3 nitrogen and oxygen atoms in total. The molecule has 1 saturated heterocycles. The molecule has 1 heterocycles. The van der Waals surface area contributed by atoms with Crippen molar-refractivity contribution in [3.8, 4) is 0 Å². The van der Waals surface area contributed by atoms with E-state index in [0.29, 0.717) is 17.5 Å². The quantitative estimate of drug-likeness (QED) is 0.800. The summed E-state index contributed by atoms with van der Waals surface area (Å²) < 4.78 is 0. The Morgan fingerprint density at radius 3 is 2.56 bits per heavy atom. The van der Waals surface area contributed by atoms with Gasteiger partial charge in [0, 0.05) is 18.6 Å². The molecule has 1 aliphatic heterocycles. The number of nitrogens with zero attached hydrogens (tertiary/aromatic N) is 1. The van der Waals surface area contributed by atoms with Gasteiger partial charge in [-0.2, -0.15) is 0 Å². The summed E-state index contributed by atoms with van der Waals surface area (Å²) in [5, 5.41) is 3.29. The molecule has 18 heavy (non-hydrogen) atoms. The fourth-order valence-corrected chi connectivity index (χ4v) is 4.37. The van der Waals surface area contributed by atoms with Gasteiger partial charge in [-0.05, 0) is 56.3 Å². The Morgan fingerprint density at radius 2 is 1.89 bits per heavy atom. The predicted molar refractivity (Wildman–Crippen MR) is 70.3 cm³/mol. The van der Waals surface area contributed by atoms with Crippen molar-refractivity contribution in [3.63, 3.8) is 0 Å². The average molecular weight is 248 g/mol. The SMILES string of the molecule is O=C(NC1CC12CC2)N1CCCC1C1CCCC1. The summed E-state index contributed by atoms with van der Waals surface area (Å²) in [5.74, 6) is 0.798. The number of urea groups is 1. The normalized spacial score (nSPS) is 37.2. The fraction of sp³-hybridized carbons (Fsp3) is 0.933. The van der Waals surface area contributed by atoms with Crippen LogP contribution in [-0.2, 0) is 0 Å². The number of carbonyl (C=O) groups is 1. The zero-order valence-electron chi connectivity index (χ0n) is 11.2. The maximum Gasteiger partial charge on any atom is 0.317 e. The van der Waals surface area contributed by atoms with Crippen LogP contribution in [0.25, 0.3) is 0 Å².